The molecule has 0 aliphatic carbocycles. The van der Waals surface area contributed by atoms with E-state index in [0.29, 0.717) is 10.9 Å². The van der Waals surface area contributed by atoms with Crippen molar-refractivity contribution < 1.29 is 22.7 Å². The van der Waals surface area contributed by atoms with Crippen LogP contribution in [0.3, 0.4) is 0 Å². The van der Waals surface area contributed by atoms with Gasteiger partial charge in [0.25, 0.3) is 5.91 Å². The number of methoxy groups -OCH3 is 1. The zero-order valence-corrected chi connectivity index (χ0v) is 16.2. The minimum atomic E-state index is -4.48. The summed E-state index contributed by atoms with van der Waals surface area (Å²) in [5.41, 5.74) is 0.942. The number of halogens is 3. The molecule has 0 aliphatic rings. The van der Waals surface area contributed by atoms with Gasteiger partial charge in [0.2, 0.25) is 0 Å². The van der Waals surface area contributed by atoms with Gasteiger partial charge in [0.05, 0.1) is 24.6 Å². The van der Waals surface area contributed by atoms with Crippen molar-refractivity contribution in [1.29, 1.82) is 0 Å². The molecule has 0 saturated carbocycles. The molecular weight excluding hydrogens is 403 g/mol. The lowest BCUT2D eigenvalue weighted by atomic mass is 10.1. The fourth-order valence-corrected chi connectivity index (χ4v) is 3.25. The van der Waals surface area contributed by atoms with Crippen molar-refractivity contribution in [3.63, 3.8) is 0 Å². The summed E-state index contributed by atoms with van der Waals surface area (Å²) in [5.74, 6) is 0.731. The summed E-state index contributed by atoms with van der Waals surface area (Å²) in [5, 5.41) is 3.30. The number of aromatic nitrogens is 2. The average Bonchev–Trinajstić information content (AvgIpc) is 3.19. The Balaban J connectivity index is 1.49. The Bertz CT molecular complexity index is 972. The fourth-order valence-electron chi connectivity index (χ4n) is 2.54. The Morgan fingerprint density at radius 2 is 1.97 bits per heavy atom. The van der Waals surface area contributed by atoms with Crippen LogP contribution in [0.15, 0.2) is 59.9 Å². The van der Waals surface area contributed by atoms with Crippen LogP contribution in [0.1, 0.15) is 15.9 Å². The first-order valence-electron chi connectivity index (χ1n) is 8.64. The number of imidazole rings is 1. The van der Waals surface area contributed by atoms with E-state index in [1.165, 1.54) is 23.9 Å². The lowest BCUT2D eigenvalue weighted by Crippen LogP contribution is -2.26. The van der Waals surface area contributed by atoms with Gasteiger partial charge in [0, 0.05) is 17.9 Å². The van der Waals surface area contributed by atoms with E-state index in [-0.39, 0.29) is 12.1 Å². The molecule has 0 atom stereocenters. The molecule has 2 N–H and O–H groups in total. The van der Waals surface area contributed by atoms with Gasteiger partial charge in [-0.15, -0.1) is 0 Å². The van der Waals surface area contributed by atoms with Crippen molar-refractivity contribution in [2.75, 3.05) is 19.4 Å². The second-order valence-corrected chi connectivity index (χ2v) is 7.10. The number of rotatable bonds is 7. The maximum atomic E-state index is 12.7. The largest absolute Gasteiger partial charge is 0.497 e. The highest BCUT2D eigenvalue weighted by Crippen LogP contribution is 2.29. The number of ether oxygens (including phenoxy) is 1. The van der Waals surface area contributed by atoms with E-state index in [0.717, 1.165) is 29.1 Å². The number of alkyl halides is 3. The number of hydrogen-bond donors (Lipinski definition) is 2. The van der Waals surface area contributed by atoms with Crippen molar-refractivity contribution in [1.82, 2.24) is 15.3 Å². The van der Waals surface area contributed by atoms with Gasteiger partial charge in [-0.3, -0.25) is 4.79 Å². The Morgan fingerprint density at radius 1 is 1.21 bits per heavy atom. The SMILES string of the molecule is COc1ccc(-c2cnc(SCCNC(=O)c3cccc(C(F)(F)F)c3)[nH]2)cc1. The molecule has 3 rings (SSSR count). The second-order valence-electron chi connectivity index (χ2n) is 6.01. The van der Waals surface area contributed by atoms with Crippen molar-refractivity contribution in [3.05, 3.63) is 65.9 Å². The zero-order chi connectivity index (χ0) is 20.9. The topological polar surface area (TPSA) is 67.0 Å². The number of carbonyl (C=O) groups excluding carboxylic acids is 1. The monoisotopic (exact) mass is 421 g/mol. The molecule has 3 aromatic rings. The summed E-state index contributed by atoms with van der Waals surface area (Å²) in [6, 6.07) is 11.9. The molecule has 0 radical (unpaired) electrons. The van der Waals surface area contributed by atoms with Gasteiger partial charge in [-0.1, -0.05) is 17.8 Å². The number of amides is 1. The lowest BCUT2D eigenvalue weighted by molar-refractivity contribution is -0.137. The smallest absolute Gasteiger partial charge is 0.416 e. The van der Waals surface area contributed by atoms with Crippen LogP contribution in [0.25, 0.3) is 11.3 Å². The van der Waals surface area contributed by atoms with Gasteiger partial charge >= 0.3 is 6.18 Å². The number of carbonyl (C=O) groups is 1. The summed E-state index contributed by atoms with van der Waals surface area (Å²) in [6.45, 7) is 0.290. The number of thioether (sulfide) groups is 1. The number of H-pyrrole nitrogens is 1. The van der Waals surface area contributed by atoms with E-state index in [1.807, 2.05) is 24.3 Å². The van der Waals surface area contributed by atoms with Crippen molar-refractivity contribution in [2.45, 2.75) is 11.3 Å². The molecule has 5 nitrogen and oxygen atoms in total. The van der Waals surface area contributed by atoms with Crippen molar-refractivity contribution >= 4 is 17.7 Å². The number of aromatic amines is 1. The van der Waals surface area contributed by atoms with Gasteiger partial charge in [-0.05, 0) is 48.0 Å². The van der Waals surface area contributed by atoms with Gasteiger partial charge in [0.1, 0.15) is 5.75 Å². The predicted octanol–water partition coefficient (Wildman–Crippen LogP) is 4.63. The van der Waals surface area contributed by atoms with Crippen LogP contribution in [-0.4, -0.2) is 35.3 Å². The van der Waals surface area contributed by atoms with Crippen molar-refractivity contribution in [2.24, 2.45) is 0 Å². The molecule has 0 spiro atoms. The highest BCUT2D eigenvalue weighted by molar-refractivity contribution is 7.99. The van der Waals surface area contributed by atoms with Crippen LogP contribution >= 0.6 is 11.8 Å². The molecule has 0 saturated heterocycles. The molecule has 0 bridgehead atoms. The highest BCUT2D eigenvalue weighted by atomic mass is 32.2. The van der Waals surface area contributed by atoms with Crippen molar-refractivity contribution in [3.8, 4) is 17.0 Å². The zero-order valence-electron chi connectivity index (χ0n) is 15.4. The maximum Gasteiger partial charge on any atom is 0.416 e. The number of benzene rings is 2. The molecule has 0 aliphatic heterocycles. The molecule has 2 aromatic carbocycles. The standard InChI is InChI=1S/C20H18F3N3O2S/c1-28-16-7-5-13(6-8-16)17-12-25-19(26-17)29-10-9-24-18(27)14-3-2-4-15(11-14)20(21,22)23/h2-8,11-12H,9-10H2,1H3,(H,24,27)(H,25,26). The quantitative estimate of drug-likeness (QED) is 0.431. The van der Waals surface area contributed by atoms with E-state index in [9.17, 15) is 18.0 Å². The summed E-state index contributed by atoms with van der Waals surface area (Å²) < 4.78 is 43.3. The number of nitrogens with one attached hydrogen (secondary N) is 2. The molecule has 1 aromatic heterocycles. The van der Waals surface area contributed by atoms with Crippen LogP contribution in [0.5, 0.6) is 5.75 Å². The van der Waals surface area contributed by atoms with Gasteiger partial charge < -0.3 is 15.0 Å². The fraction of sp³-hybridized carbons (Fsp3) is 0.200. The van der Waals surface area contributed by atoms with Crippen LogP contribution in [0, 0.1) is 0 Å². The number of nitrogens with zero attached hydrogens (tertiary/aromatic N) is 1. The Hall–Kier alpha value is -2.94. The molecule has 29 heavy (non-hydrogen) atoms. The molecule has 0 unspecified atom stereocenters. The highest BCUT2D eigenvalue weighted by Gasteiger charge is 2.30. The molecular formula is C20H18F3N3O2S. The third kappa shape index (κ3) is 5.54. The number of hydrogen-bond acceptors (Lipinski definition) is 4. The molecule has 0 fully saturated rings. The van der Waals surface area contributed by atoms with E-state index < -0.39 is 17.6 Å². The van der Waals surface area contributed by atoms with Gasteiger partial charge in [0.15, 0.2) is 5.16 Å². The van der Waals surface area contributed by atoms with E-state index in [1.54, 1.807) is 13.3 Å². The molecule has 1 heterocycles. The Kier molecular flexibility index (Phi) is 6.48. The van der Waals surface area contributed by atoms with Gasteiger partial charge in [-0.25, -0.2) is 4.98 Å². The molecule has 9 heteroatoms. The van der Waals surface area contributed by atoms with Crippen LogP contribution in [-0.2, 0) is 6.18 Å². The minimum absolute atomic E-state index is 0.0235. The molecule has 152 valence electrons. The first kappa shape index (κ1) is 20.8. The summed E-state index contributed by atoms with van der Waals surface area (Å²) in [4.78, 5) is 19.5. The average molecular weight is 421 g/mol. The summed E-state index contributed by atoms with van der Waals surface area (Å²) in [6.07, 6.45) is -2.77. The lowest BCUT2D eigenvalue weighted by Gasteiger charge is -2.09. The third-order valence-electron chi connectivity index (χ3n) is 4.03. The normalized spacial score (nSPS) is 11.3. The van der Waals surface area contributed by atoms with Gasteiger partial charge in [-0.2, -0.15) is 13.2 Å². The Labute approximate surface area is 169 Å². The third-order valence-corrected chi connectivity index (χ3v) is 4.92. The van der Waals surface area contributed by atoms with E-state index >= 15 is 0 Å². The van der Waals surface area contributed by atoms with E-state index in [4.69, 9.17) is 4.74 Å². The first-order chi connectivity index (χ1) is 13.9. The van der Waals surface area contributed by atoms with Crippen LogP contribution in [0.4, 0.5) is 13.2 Å². The van der Waals surface area contributed by atoms with E-state index in [2.05, 4.69) is 15.3 Å². The minimum Gasteiger partial charge on any atom is -0.497 e. The summed E-state index contributed by atoms with van der Waals surface area (Å²) in [7, 11) is 1.60. The van der Waals surface area contributed by atoms with Crippen LogP contribution in [0.2, 0.25) is 0 Å². The van der Waals surface area contributed by atoms with Crippen LogP contribution < -0.4 is 10.1 Å². The Morgan fingerprint density at radius 3 is 2.66 bits per heavy atom. The summed E-state index contributed by atoms with van der Waals surface area (Å²) >= 11 is 1.40. The molecule has 1 amide bonds. The predicted molar refractivity (Wildman–Crippen MR) is 105 cm³/mol. The second kappa shape index (κ2) is 9.04. The maximum absolute atomic E-state index is 12.7. The first-order valence-corrected chi connectivity index (χ1v) is 9.63.